The Morgan fingerprint density at radius 1 is 1.28 bits per heavy atom. The Balaban J connectivity index is 1.53. The fourth-order valence-corrected chi connectivity index (χ4v) is 4.15. The number of aromatic amines is 1. The van der Waals surface area contributed by atoms with E-state index in [1.165, 1.54) is 5.56 Å². The summed E-state index contributed by atoms with van der Waals surface area (Å²) in [5.41, 5.74) is 3.37. The SMILES string of the molecule is CCOC1OC(=O)C[C@@H]1NC(=O)[C@@H](CC(=O)NCCc1c(C)[nH]c2ccccc12)C(C)C. The molecule has 174 valence electrons. The van der Waals surface area contributed by atoms with Crippen molar-refractivity contribution >= 4 is 28.7 Å². The van der Waals surface area contributed by atoms with E-state index in [4.69, 9.17) is 9.47 Å². The van der Waals surface area contributed by atoms with E-state index >= 15 is 0 Å². The number of cyclic esters (lactones) is 1. The minimum Gasteiger partial charge on any atom is -0.433 e. The van der Waals surface area contributed by atoms with Crippen LogP contribution in [0.3, 0.4) is 0 Å². The molecule has 2 heterocycles. The molecular formula is C24H33N3O5. The van der Waals surface area contributed by atoms with Gasteiger partial charge in [0.1, 0.15) is 6.04 Å². The third-order valence-corrected chi connectivity index (χ3v) is 5.89. The molecule has 8 nitrogen and oxygen atoms in total. The number of hydrogen-bond donors (Lipinski definition) is 3. The van der Waals surface area contributed by atoms with Gasteiger partial charge < -0.3 is 25.1 Å². The molecular weight excluding hydrogens is 410 g/mol. The Hall–Kier alpha value is -2.87. The lowest BCUT2D eigenvalue weighted by Crippen LogP contribution is -2.46. The van der Waals surface area contributed by atoms with Crippen molar-refractivity contribution in [2.24, 2.45) is 11.8 Å². The number of H-pyrrole nitrogens is 1. The van der Waals surface area contributed by atoms with E-state index in [0.29, 0.717) is 19.6 Å². The third kappa shape index (κ3) is 5.68. The van der Waals surface area contributed by atoms with Crippen LogP contribution in [-0.4, -0.2) is 48.3 Å². The van der Waals surface area contributed by atoms with Crippen molar-refractivity contribution in [3.8, 4) is 0 Å². The van der Waals surface area contributed by atoms with Gasteiger partial charge in [-0.05, 0) is 37.8 Å². The van der Waals surface area contributed by atoms with E-state index in [0.717, 1.165) is 16.6 Å². The lowest BCUT2D eigenvalue weighted by Gasteiger charge is -2.24. The van der Waals surface area contributed by atoms with Crippen molar-refractivity contribution in [2.75, 3.05) is 13.2 Å². The predicted molar refractivity (Wildman–Crippen MR) is 121 cm³/mol. The normalized spacial score (nSPS) is 19.2. The Kier molecular flexibility index (Phi) is 7.90. The highest BCUT2D eigenvalue weighted by Gasteiger charge is 2.38. The fourth-order valence-electron chi connectivity index (χ4n) is 4.15. The summed E-state index contributed by atoms with van der Waals surface area (Å²) in [7, 11) is 0. The quantitative estimate of drug-likeness (QED) is 0.489. The Labute approximate surface area is 188 Å². The molecule has 32 heavy (non-hydrogen) atoms. The van der Waals surface area contributed by atoms with Crippen LogP contribution in [0.2, 0.25) is 0 Å². The molecule has 3 atom stereocenters. The van der Waals surface area contributed by atoms with Crippen LogP contribution in [0, 0.1) is 18.8 Å². The Bertz CT molecular complexity index is 968. The second kappa shape index (κ2) is 10.6. The number of fused-ring (bicyclic) bond motifs is 1. The molecule has 1 aliphatic rings. The molecule has 8 heteroatoms. The largest absolute Gasteiger partial charge is 0.433 e. The summed E-state index contributed by atoms with van der Waals surface area (Å²) in [6, 6.07) is 7.56. The molecule has 0 spiro atoms. The number of esters is 1. The zero-order chi connectivity index (χ0) is 23.3. The van der Waals surface area contributed by atoms with Gasteiger partial charge >= 0.3 is 5.97 Å². The van der Waals surface area contributed by atoms with E-state index in [-0.39, 0.29) is 30.6 Å². The number of carbonyl (C=O) groups excluding carboxylic acids is 3. The first-order valence-corrected chi connectivity index (χ1v) is 11.2. The molecule has 3 rings (SSSR count). The van der Waals surface area contributed by atoms with Crippen LogP contribution in [0.4, 0.5) is 0 Å². The van der Waals surface area contributed by atoms with Gasteiger partial charge in [-0.2, -0.15) is 0 Å². The minimum absolute atomic E-state index is 0.0415. The van der Waals surface area contributed by atoms with Gasteiger partial charge in [0.15, 0.2) is 0 Å². The van der Waals surface area contributed by atoms with E-state index in [1.807, 2.05) is 39.0 Å². The lowest BCUT2D eigenvalue weighted by atomic mass is 9.91. The highest BCUT2D eigenvalue weighted by Crippen LogP contribution is 2.23. The average molecular weight is 444 g/mol. The van der Waals surface area contributed by atoms with Crippen molar-refractivity contribution in [3.05, 3.63) is 35.5 Å². The van der Waals surface area contributed by atoms with E-state index in [1.54, 1.807) is 6.92 Å². The summed E-state index contributed by atoms with van der Waals surface area (Å²) in [6.45, 7) is 8.50. The van der Waals surface area contributed by atoms with Crippen molar-refractivity contribution in [3.63, 3.8) is 0 Å². The van der Waals surface area contributed by atoms with Crippen LogP contribution in [0.25, 0.3) is 10.9 Å². The molecule has 1 fully saturated rings. The fraction of sp³-hybridized carbons (Fsp3) is 0.542. The van der Waals surface area contributed by atoms with Crippen LogP contribution in [0.15, 0.2) is 24.3 Å². The van der Waals surface area contributed by atoms with Gasteiger partial charge in [0.2, 0.25) is 18.1 Å². The highest BCUT2D eigenvalue weighted by molar-refractivity contribution is 5.87. The molecule has 0 bridgehead atoms. The first-order chi connectivity index (χ1) is 15.3. The van der Waals surface area contributed by atoms with Gasteiger partial charge in [0.25, 0.3) is 0 Å². The maximum Gasteiger partial charge on any atom is 0.310 e. The summed E-state index contributed by atoms with van der Waals surface area (Å²) in [5, 5.41) is 6.95. The second-order valence-corrected chi connectivity index (χ2v) is 8.56. The van der Waals surface area contributed by atoms with Crippen molar-refractivity contribution in [2.45, 2.75) is 59.3 Å². The third-order valence-electron chi connectivity index (χ3n) is 5.89. The van der Waals surface area contributed by atoms with Gasteiger partial charge in [0.05, 0.1) is 6.42 Å². The first kappa shape index (κ1) is 23.8. The smallest absolute Gasteiger partial charge is 0.310 e. The monoisotopic (exact) mass is 443 g/mol. The number of nitrogens with one attached hydrogen (secondary N) is 3. The van der Waals surface area contributed by atoms with Crippen LogP contribution in [0.1, 0.15) is 44.9 Å². The molecule has 2 aromatic rings. The summed E-state index contributed by atoms with van der Waals surface area (Å²) in [6.07, 6.45) is 0.0734. The van der Waals surface area contributed by atoms with Crippen LogP contribution in [0.5, 0.6) is 0 Å². The molecule has 1 unspecified atom stereocenters. The maximum atomic E-state index is 12.9. The van der Waals surface area contributed by atoms with E-state index in [9.17, 15) is 14.4 Å². The number of carbonyl (C=O) groups is 3. The molecule has 1 aromatic heterocycles. The zero-order valence-corrected chi connectivity index (χ0v) is 19.2. The molecule has 3 N–H and O–H groups in total. The molecule has 0 radical (unpaired) electrons. The number of amides is 2. The number of aromatic nitrogens is 1. The Morgan fingerprint density at radius 2 is 2.03 bits per heavy atom. The van der Waals surface area contributed by atoms with Crippen molar-refractivity contribution in [1.29, 1.82) is 0 Å². The summed E-state index contributed by atoms with van der Waals surface area (Å²) >= 11 is 0. The first-order valence-electron chi connectivity index (χ1n) is 11.2. The van der Waals surface area contributed by atoms with Crippen molar-refractivity contribution < 1.29 is 23.9 Å². The van der Waals surface area contributed by atoms with Gasteiger partial charge in [-0.1, -0.05) is 32.0 Å². The number of benzene rings is 1. The number of para-hydroxylation sites is 1. The Morgan fingerprint density at radius 3 is 2.75 bits per heavy atom. The molecule has 1 aliphatic heterocycles. The number of ether oxygens (including phenoxy) is 2. The number of rotatable bonds is 10. The number of aryl methyl sites for hydroxylation is 1. The van der Waals surface area contributed by atoms with Gasteiger partial charge in [0, 0.05) is 42.1 Å². The summed E-state index contributed by atoms with van der Waals surface area (Å²) in [4.78, 5) is 40.4. The average Bonchev–Trinajstić information content (AvgIpc) is 3.24. The molecule has 1 aromatic carbocycles. The highest BCUT2D eigenvalue weighted by atomic mass is 16.7. The van der Waals surface area contributed by atoms with Crippen LogP contribution < -0.4 is 10.6 Å². The lowest BCUT2D eigenvalue weighted by molar-refractivity contribution is -0.164. The summed E-state index contributed by atoms with van der Waals surface area (Å²) in [5.74, 6) is -1.39. The molecule has 2 amide bonds. The minimum atomic E-state index is -0.780. The maximum absolute atomic E-state index is 12.9. The summed E-state index contributed by atoms with van der Waals surface area (Å²) < 4.78 is 10.5. The zero-order valence-electron chi connectivity index (χ0n) is 19.2. The molecule has 1 saturated heterocycles. The second-order valence-electron chi connectivity index (χ2n) is 8.56. The molecule has 0 saturated carbocycles. The number of hydrogen-bond acceptors (Lipinski definition) is 5. The molecule has 0 aliphatic carbocycles. The van der Waals surface area contributed by atoms with E-state index < -0.39 is 24.2 Å². The van der Waals surface area contributed by atoms with Gasteiger partial charge in [-0.3, -0.25) is 14.4 Å². The van der Waals surface area contributed by atoms with Gasteiger partial charge in [-0.15, -0.1) is 0 Å². The predicted octanol–water partition coefficient (Wildman–Crippen LogP) is 2.59. The van der Waals surface area contributed by atoms with Crippen molar-refractivity contribution in [1.82, 2.24) is 15.6 Å². The standard InChI is InChI=1S/C24H33N3O5/c1-5-31-24-20(13-22(29)32-24)27-23(30)18(14(2)3)12-21(28)25-11-10-16-15(4)26-19-9-7-6-8-17(16)19/h6-9,14,18,20,24,26H,5,10-13H2,1-4H3,(H,25,28)(H,27,30)/t18-,20-,24?/m0/s1. The topological polar surface area (TPSA) is 110 Å². The van der Waals surface area contributed by atoms with Gasteiger partial charge in [-0.25, -0.2) is 0 Å². The van der Waals surface area contributed by atoms with Crippen LogP contribution in [-0.2, 0) is 30.3 Å². The van der Waals surface area contributed by atoms with Crippen LogP contribution >= 0.6 is 0 Å². The van der Waals surface area contributed by atoms with E-state index in [2.05, 4.69) is 21.7 Å².